The minimum absolute atomic E-state index is 0.0210. The summed E-state index contributed by atoms with van der Waals surface area (Å²) in [6.45, 7) is 0.517. The Bertz CT molecular complexity index is 657. The van der Waals surface area contributed by atoms with Gasteiger partial charge in [0.2, 0.25) is 5.91 Å². The summed E-state index contributed by atoms with van der Waals surface area (Å²) in [6.07, 6.45) is 0.271. The van der Waals surface area contributed by atoms with E-state index in [1.807, 2.05) is 6.07 Å². The van der Waals surface area contributed by atoms with Crippen LogP contribution in [0.2, 0.25) is 10.0 Å². The van der Waals surface area contributed by atoms with Crippen LogP contribution in [0.3, 0.4) is 0 Å². The van der Waals surface area contributed by atoms with Gasteiger partial charge in [0.25, 0.3) is 5.91 Å². The van der Waals surface area contributed by atoms with Crippen LogP contribution >= 0.6 is 23.2 Å². The Balaban J connectivity index is 1.48. The van der Waals surface area contributed by atoms with Crippen LogP contribution < -0.4 is 0 Å². The molecular weight excluding hydrogens is 343 g/mol. The predicted molar refractivity (Wildman–Crippen MR) is 83.3 cm³/mol. The van der Waals surface area contributed by atoms with Crippen LogP contribution in [-0.2, 0) is 20.7 Å². The molecule has 1 aromatic rings. The number of imide groups is 1. The van der Waals surface area contributed by atoms with Crippen LogP contribution in [-0.4, -0.2) is 53.4 Å². The van der Waals surface area contributed by atoms with Crippen LogP contribution in [0.5, 0.6) is 0 Å². The Morgan fingerprint density at radius 1 is 1.22 bits per heavy atom. The lowest BCUT2D eigenvalue weighted by atomic mass is 10.0. The Hall–Kier alpha value is -1.79. The molecule has 6 nitrogen and oxygen atoms in total. The molecular formula is C15H14Cl2N2O4. The number of aryl methyl sites for hydroxylation is 1. The number of ether oxygens (including phenoxy) is 1. The van der Waals surface area contributed by atoms with Gasteiger partial charge in [-0.25, -0.2) is 9.69 Å². The van der Waals surface area contributed by atoms with E-state index in [9.17, 15) is 14.4 Å². The molecule has 0 aliphatic carbocycles. The number of carbonyl (C=O) groups is 3. The highest BCUT2D eigenvalue weighted by Crippen LogP contribution is 2.24. The fraction of sp³-hybridized carbons (Fsp3) is 0.400. The second-order valence-corrected chi connectivity index (χ2v) is 6.33. The zero-order valence-electron chi connectivity index (χ0n) is 12.1. The van der Waals surface area contributed by atoms with Crippen molar-refractivity contribution < 1.29 is 19.1 Å². The largest absolute Gasteiger partial charge is 0.439 e. The van der Waals surface area contributed by atoms with Gasteiger partial charge in [-0.05, 0) is 24.1 Å². The molecule has 3 rings (SSSR count). The lowest BCUT2D eigenvalue weighted by Gasteiger charge is -2.42. The van der Waals surface area contributed by atoms with Gasteiger partial charge in [0.15, 0.2) is 6.61 Å². The fourth-order valence-electron chi connectivity index (χ4n) is 2.64. The number of likely N-dealkylation sites (tertiary alicyclic amines) is 1. The number of halogens is 2. The highest BCUT2D eigenvalue weighted by molar-refractivity contribution is 6.42. The quantitative estimate of drug-likeness (QED) is 0.828. The highest BCUT2D eigenvalue weighted by Gasteiger charge is 2.44. The second kappa shape index (κ2) is 6.37. The third-order valence-electron chi connectivity index (χ3n) is 3.98. The minimum atomic E-state index is -0.622. The molecule has 8 heteroatoms. The molecule has 0 aromatic heterocycles. The van der Waals surface area contributed by atoms with Crippen molar-refractivity contribution >= 4 is 41.1 Å². The van der Waals surface area contributed by atoms with E-state index in [1.165, 1.54) is 0 Å². The minimum Gasteiger partial charge on any atom is -0.439 e. The summed E-state index contributed by atoms with van der Waals surface area (Å²) in [5.41, 5.74) is 0.933. The summed E-state index contributed by atoms with van der Waals surface area (Å²) >= 11 is 11.8. The highest BCUT2D eigenvalue weighted by atomic mass is 35.5. The first-order chi connectivity index (χ1) is 11.0. The number of benzene rings is 1. The lowest BCUT2D eigenvalue weighted by molar-refractivity contribution is -0.142. The number of rotatable bonds is 4. The molecule has 1 aromatic carbocycles. The van der Waals surface area contributed by atoms with E-state index in [1.54, 1.807) is 17.0 Å². The Morgan fingerprint density at radius 2 is 1.96 bits per heavy atom. The Kier molecular flexibility index (Phi) is 4.46. The van der Waals surface area contributed by atoms with Crippen molar-refractivity contribution in [3.63, 3.8) is 0 Å². The topological polar surface area (TPSA) is 66.9 Å². The molecule has 2 heterocycles. The van der Waals surface area contributed by atoms with Gasteiger partial charge in [-0.2, -0.15) is 0 Å². The maximum absolute atomic E-state index is 12.1. The van der Waals surface area contributed by atoms with Crippen molar-refractivity contribution in [3.05, 3.63) is 33.8 Å². The number of hydrogen-bond acceptors (Lipinski definition) is 4. The lowest BCUT2D eigenvalue weighted by Crippen LogP contribution is -2.62. The number of nitrogens with zero attached hydrogens (tertiary/aromatic N) is 2. The molecule has 2 aliphatic heterocycles. The molecule has 0 unspecified atom stereocenters. The van der Waals surface area contributed by atoms with E-state index >= 15 is 0 Å². The van der Waals surface area contributed by atoms with E-state index in [0.717, 1.165) is 10.5 Å². The first kappa shape index (κ1) is 16.1. The Labute approximate surface area is 142 Å². The normalized spacial score (nSPS) is 18.2. The second-order valence-electron chi connectivity index (χ2n) is 5.52. The summed E-state index contributed by atoms with van der Waals surface area (Å²) in [6, 6.07) is 5.01. The van der Waals surface area contributed by atoms with E-state index in [4.69, 9.17) is 23.2 Å². The van der Waals surface area contributed by atoms with Gasteiger partial charge < -0.3 is 9.64 Å². The monoisotopic (exact) mass is 356 g/mol. The van der Waals surface area contributed by atoms with Crippen molar-refractivity contribution in [2.24, 2.45) is 0 Å². The molecule has 2 aliphatic rings. The van der Waals surface area contributed by atoms with Crippen molar-refractivity contribution in [2.45, 2.75) is 18.9 Å². The molecule has 0 radical (unpaired) electrons. The molecule has 0 atom stereocenters. The molecule has 0 spiro atoms. The van der Waals surface area contributed by atoms with Crippen LogP contribution in [0.15, 0.2) is 18.2 Å². The Morgan fingerprint density at radius 3 is 2.57 bits per heavy atom. The maximum Gasteiger partial charge on any atom is 0.417 e. The van der Waals surface area contributed by atoms with Gasteiger partial charge in [-0.15, -0.1) is 0 Å². The summed E-state index contributed by atoms with van der Waals surface area (Å²) in [4.78, 5) is 37.8. The van der Waals surface area contributed by atoms with Gasteiger partial charge in [-0.3, -0.25) is 9.59 Å². The van der Waals surface area contributed by atoms with Crippen LogP contribution in [0.4, 0.5) is 4.79 Å². The standard InChI is InChI=1S/C15H14Cl2N2O4/c16-11-3-1-9(5-12(11)17)2-4-13(20)18-6-10(7-18)19-14(21)8-23-15(19)22/h1,3,5,10H,2,4,6-8H2. The molecule has 2 saturated heterocycles. The van der Waals surface area contributed by atoms with Gasteiger partial charge in [0.1, 0.15) is 0 Å². The first-order valence-corrected chi connectivity index (χ1v) is 7.92. The molecule has 0 bridgehead atoms. The number of cyclic esters (lactones) is 1. The van der Waals surface area contributed by atoms with Crippen LogP contribution in [0.1, 0.15) is 12.0 Å². The van der Waals surface area contributed by atoms with Gasteiger partial charge in [0.05, 0.1) is 16.1 Å². The summed E-state index contributed by atoms with van der Waals surface area (Å²) in [7, 11) is 0. The molecule has 0 N–H and O–H groups in total. The third-order valence-corrected chi connectivity index (χ3v) is 4.72. The maximum atomic E-state index is 12.1. The number of hydrogen-bond donors (Lipinski definition) is 0. The molecule has 3 amide bonds. The summed E-state index contributed by atoms with van der Waals surface area (Å²) in [5.74, 6) is -0.366. The molecule has 23 heavy (non-hydrogen) atoms. The summed E-state index contributed by atoms with van der Waals surface area (Å²) < 4.78 is 4.67. The zero-order valence-corrected chi connectivity index (χ0v) is 13.6. The molecule has 2 fully saturated rings. The number of amides is 3. The molecule has 122 valence electrons. The van der Waals surface area contributed by atoms with E-state index in [-0.39, 0.29) is 24.5 Å². The van der Waals surface area contributed by atoms with Crippen molar-refractivity contribution in [1.82, 2.24) is 9.80 Å². The SMILES string of the molecule is O=C(CCc1ccc(Cl)c(Cl)c1)N1CC(N2C(=O)COC2=O)C1. The smallest absolute Gasteiger partial charge is 0.417 e. The van der Waals surface area contributed by atoms with Gasteiger partial charge in [0, 0.05) is 19.5 Å². The average molecular weight is 357 g/mol. The zero-order chi connectivity index (χ0) is 16.6. The van der Waals surface area contributed by atoms with Crippen molar-refractivity contribution in [1.29, 1.82) is 0 Å². The van der Waals surface area contributed by atoms with Crippen LogP contribution in [0.25, 0.3) is 0 Å². The van der Waals surface area contributed by atoms with Crippen molar-refractivity contribution in [2.75, 3.05) is 19.7 Å². The molecule has 0 saturated carbocycles. The summed E-state index contributed by atoms with van der Waals surface area (Å²) in [5, 5.41) is 0.946. The van der Waals surface area contributed by atoms with E-state index < -0.39 is 6.09 Å². The van der Waals surface area contributed by atoms with E-state index in [0.29, 0.717) is 36.0 Å². The third kappa shape index (κ3) is 3.28. The first-order valence-electron chi connectivity index (χ1n) is 7.16. The van der Waals surface area contributed by atoms with Crippen LogP contribution in [0, 0.1) is 0 Å². The fourth-order valence-corrected chi connectivity index (χ4v) is 2.96. The average Bonchev–Trinajstić information content (AvgIpc) is 2.79. The number of carbonyl (C=O) groups excluding carboxylic acids is 3. The predicted octanol–water partition coefficient (Wildman–Crippen LogP) is 2.12. The van der Waals surface area contributed by atoms with Crippen molar-refractivity contribution in [3.8, 4) is 0 Å². The van der Waals surface area contributed by atoms with Gasteiger partial charge in [-0.1, -0.05) is 29.3 Å². The van der Waals surface area contributed by atoms with E-state index in [2.05, 4.69) is 4.74 Å². The van der Waals surface area contributed by atoms with Gasteiger partial charge >= 0.3 is 6.09 Å².